The van der Waals surface area contributed by atoms with Crippen molar-refractivity contribution in [1.82, 2.24) is 4.90 Å². The van der Waals surface area contributed by atoms with Crippen molar-refractivity contribution in [2.75, 3.05) is 26.3 Å². The van der Waals surface area contributed by atoms with E-state index in [-0.39, 0.29) is 28.5 Å². The van der Waals surface area contributed by atoms with Crippen molar-refractivity contribution in [3.63, 3.8) is 0 Å². The van der Waals surface area contributed by atoms with Crippen LogP contribution < -0.4 is 20.8 Å². The number of benzene rings is 2. The van der Waals surface area contributed by atoms with E-state index >= 15 is 0 Å². The van der Waals surface area contributed by atoms with Crippen LogP contribution in [0, 0.1) is 11.3 Å². The number of para-hydroxylation sites is 2. The number of nitrogens with two attached hydrogens (primary N) is 1. The van der Waals surface area contributed by atoms with Crippen LogP contribution in [0.1, 0.15) is 17.0 Å². The molecule has 3 aromatic rings. The summed E-state index contributed by atoms with van der Waals surface area (Å²) < 4.78 is 22.2. The number of hydrogen-bond donors (Lipinski definition) is 1. The summed E-state index contributed by atoms with van der Waals surface area (Å²) in [5.74, 6) is -0.633. The standard InChI is InChI=1S/C24H19N3O6/c25-13-16-19(14-5-1-3-7-17(14)32-24(29)27-9-11-30-12-10-27)20-21(33-22(16)26)15-6-2-4-8-18(15)31-23(20)28/h1-8,19H,9-12,26H2/t19-/m0/s1. The van der Waals surface area contributed by atoms with Gasteiger partial charge < -0.3 is 29.3 Å². The Labute approximate surface area is 188 Å². The molecule has 0 radical (unpaired) electrons. The Kier molecular flexibility index (Phi) is 5.20. The Morgan fingerprint density at radius 2 is 1.85 bits per heavy atom. The third-order valence-electron chi connectivity index (χ3n) is 5.67. The van der Waals surface area contributed by atoms with Gasteiger partial charge in [0.15, 0.2) is 5.75 Å². The largest absolute Gasteiger partial charge is 0.439 e. The van der Waals surface area contributed by atoms with Gasteiger partial charge in [-0.25, -0.2) is 9.59 Å². The molecule has 0 spiro atoms. The van der Waals surface area contributed by atoms with E-state index in [4.69, 9.17) is 24.4 Å². The number of rotatable bonds is 2. The monoisotopic (exact) mass is 445 g/mol. The number of nitriles is 1. The van der Waals surface area contributed by atoms with Gasteiger partial charge in [-0.05, 0) is 18.2 Å². The fraction of sp³-hybridized carbons (Fsp3) is 0.208. The zero-order valence-electron chi connectivity index (χ0n) is 17.4. The van der Waals surface area contributed by atoms with Crippen molar-refractivity contribution in [2.45, 2.75) is 5.92 Å². The molecule has 3 heterocycles. The first kappa shape index (κ1) is 20.6. The van der Waals surface area contributed by atoms with E-state index in [1.165, 1.54) is 4.90 Å². The van der Waals surface area contributed by atoms with E-state index in [0.717, 1.165) is 0 Å². The van der Waals surface area contributed by atoms with E-state index in [2.05, 4.69) is 0 Å². The van der Waals surface area contributed by atoms with E-state index < -0.39 is 17.6 Å². The van der Waals surface area contributed by atoms with Crippen LogP contribution in [0.25, 0.3) is 11.0 Å². The second-order valence-electron chi connectivity index (χ2n) is 7.56. The number of amides is 1. The van der Waals surface area contributed by atoms with Gasteiger partial charge in [-0.1, -0.05) is 30.3 Å². The predicted molar refractivity (Wildman–Crippen MR) is 117 cm³/mol. The highest BCUT2D eigenvalue weighted by molar-refractivity contribution is 5.86. The maximum Gasteiger partial charge on any atom is 0.415 e. The maximum absolute atomic E-state index is 13.1. The minimum Gasteiger partial charge on any atom is -0.439 e. The number of ether oxygens (including phenoxy) is 3. The first-order chi connectivity index (χ1) is 16.1. The van der Waals surface area contributed by atoms with E-state index in [9.17, 15) is 14.9 Å². The summed E-state index contributed by atoms with van der Waals surface area (Å²) in [6, 6.07) is 15.7. The number of nitrogens with zero attached hydrogens (tertiary/aromatic N) is 2. The Balaban J connectivity index is 1.66. The lowest BCUT2D eigenvalue weighted by Crippen LogP contribution is -2.42. The first-order valence-electron chi connectivity index (χ1n) is 10.3. The molecule has 2 aliphatic heterocycles. The molecule has 2 aromatic carbocycles. The summed E-state index contributed by atoms with van der Waals surface area (Å²) >= 11 is 0. The molecular weight excluding hydrogens is 426 g/mol. The van der Waals surface area contributed by atoms with Gasteiger partial charge in [0, 0.05) is 18.7 Å². The Morgan fingerprint density at radius 1 is 1.12 bits per heavy atom. The molecule has 0 saturated carbocycles. The molecular formula is C24H19N3O6. The Bertz CT molecular complexity index is 1380. The number of fused-ring (bicyclic) bond motifs is 3. The van der Waals surface area contributed by atoms with Gasteiger partial charge in [0.25, 0.3) is 0 Å². The maximum atomic E-state index is 13.1. The molecule has 166 valence electrons. The highest BCUT2D eigenvalue weighted by Gasteiger charge is 2.37. The molecule has 2 N–H and O–H groups in total. The van der Waals surface area contributed by atoms with Crippen LogP contribution in [0.4, 0.5) is 4.79 Å². The zero-order chi connectivity index (χ0) is 22.9. The van der Waals surface area contributed by atoms with Crippen LogP contribution in [-0.2, 0) is 4.74 Å². The minimum atomic E-state index is -0.937. The highest BCUT2D eigenvalue weighted by Crippen LogP contribution is 2.45. The lowest BCUT2D eigenvalue weighted by Gasteiger charge is -2.28. The summed E-state index contributed by atoms with van der Waals surface area (Å²) in [6.07, 6.45) is -0.543. The molecule has 2 aliphatic rings. The van der Waals surface area contributed by atoms with Crippen molar-refractivity contribution in [2.24, 2.45) is 5.73 Å². The van der Waals surface area contributed by atoms with Gasteiger partial charge in [0.05, 0.1) is 30.1 Å². The van der Waals surface area contributed by atoms with Crippen molar-refractivity contribution in [1.29, 1.82) is 5.26 Å². The van der Waals surface area contributed by atoms with Crippen molar-refractivity contribution < 1.29 is 23.4 Å². The number of carbonyl (C=O) groups excluding carboxylic acids is 1. The highest BCUT2D eigenvalue weighted by atomic mass is 16.6. The zero-order valence-corrected chi connectivity index (χ0v) is 17.4. The lowest BCUT2D eigenvalue weighted by atomic mass is 9.83. The summed E-state index contributed by atoms with van der Waals surface area (Å²) in [6.45, 7) is 1.67. The van der Waals surface area contributed by atoms with Crippen LogP contribution in [0.15, 0.2) is 69.2 Å². The van der Waals surface area contributed by atoms with Gasteiger partial charge in [0.2, 0.25) is 5.88 Å². The average Bonchev–Trinajstić information content (AvgIpc) is 2.84. The average molecular weight is 445 g/mol. The second-order valence-corrected chi connectivity index (χ2v) is 7.56. The summed E-state index contributed by atoms with van der Waals surface area (Å²) in [7, 11) is 0. The van der Waals surface area contributed by atoms with Gasteiger partial charge >= 0.3 is 11.7 Å². The molecule has 1 atom stereocenters. The SMILES string of the molecule is N#CC1=C(N)Oc2c(c(=O)oc3ccccc23)[C@H]1c1ccccc1OC(=O)N1CCOCC1. The lowest BCUT2D eigenvalue weighted by molar-refractivity contribution is 0.0415. The molecule has 33 heavy (non-hydrogen) atoms. The van der Waals surface area contributed by atoms with Gasteiger partial charge in [-0.2, -0.15) is 5.26 Å². The Morgan fingerprint density at radius 3 is 2.64 bits per heavy atom. The second kappa shape index (κ2) is 8.33. The number of morpholine rings is 1. The molecule has 1 aromatic heterocycles. The molecule has 5 rings (SSSR count). The molecule has 1 fully saturated rings. The van der Waals surface area contributed by atoms with Crippen molar-refractivity contribution in [3.8, 4) is 17.6 Å². The quantitative estimate of drug-likeness (QED) is 0.597. The van der Waals surface area contributed by atoms with E-state index in [1.807, 2.05) is 6.07 Å². The third-order valence-corrected chi connectivity index (χ3v) is 5.67. The third kappa shape index (κ3) is 3.56. The number of hydrogen-bond acceptors (Lipinski definition) is 8. The number of allylic oxidation sites excluding steroid dienone is 1. The van der Waals surface area contributed by atoms with Gasteiger partial charge in [-0.3, -0.25) is 0 Å². The summed E-state index contributed by atoms with van der Waals surface area (Å²) in [4.78, 5) is 27.3. The molecule has 0 bridgehead atoms. The van der Waals surface area contributed by atoms with Gasteiger partial charge in [0.1, 0.15) is 23.0 Å². The molecule has 1 saturated heterocycles. The molecule has 0 unspecified atom stereocenters. The topological polar surface area (TPSA) is 128 Å². The summed E-state index contributed by atoms with van der Waals surface area (Å²) in [5.41, 5.74) is 6.35. The fourth-order valence-electron chi connectivity index (χ4n) is 4.09. The summed E-state index contributed by atoms with van der Waals surface area (Å²) in [5, 5.41) is 10.4. The molecule has 0 aliphatic carbocycles. The van der Waals surface area contributed by atoms with Crippen LogP contribution >= 0.6 is 0 Å². The molecule has 9 heteroatoms. The fourth-order valence-corrected chi connectivity index (χ4v) is 4.09. The number of carbonyl (C=O) groups is 1. The Hall–Kier alpha value is -4.29. The van der Waals surface area contributed by atoms with Crippen LogP contribution in [0.3, 0.4) is 0 Å². The predicted octanol–water partition coefficient (Wildman–Crippen LogP) is 2.84. The van der Waals surface area contributed by atoms with Crippen molar-refractivity contribution in [3.05, 3.63) is 81.5 Å². The van der Waals surface area contributed by atoms with Crippen LogP contribution in [0.5, 0.6) is 11.5 Å². The normalized spacial score (nSPS) is 17.8. The minimum absolute atomic E-state index is 0.0277. The smallest absolute Gasteiger partial charge is 0.415 e. The van der Waals surface area contributed by atoms with Crippen LogP contribution in [-0.4, -0.2) is 37.3 Å². The van der Waals surface area contributed by atoms with E-state index in [0.29, 0.717) is 42.8 Å². The van der Waals surface area contributed by atoms with E-state index in [1.54, 1.807) is 48.5 Å². The van der Waals surface area contributed by atoms with Crippen molar-refractivity contribution >= 4 is 17.1 Å². The molecule has 9 nitrogen and oxygen atoms in total. The molecule has 1 amide bonds. The van der Waals surface area contributed by atoms with Gasteiger partial charge in [-0.15, -0.1) is 0 Å². The van der Waals surface area contributed by atoms with Crippen LogP contribution in [0.2, 0.25) is 0 Å². The first-order valence-corrected chi connectivity index (χ1v) is 10.3.